The molecule has 23 heavy (non-hydrogen) atoms. The van der Waals surface area contributed by atoms with Crippen molar-refractivity contribution in [2.75, 3.05) is 5.32 Å². The Kier molecular flexibility index (Phi) is 3.89. The van der Waals surface area contributed by atoms with E-state index in [2.05, 4.69) is 26.2 Å². The van der Waals surface area contributed by atoms with E-state index in [9.17, 15) is 13.6 Å². The van der Waals surface area contributed by atoms with E-state index in [1.807, 2.05) is 13.0 Å². The summed E-state index contributed by atoms with van der Waals surface area (Å²) in [6, 6.07) is 5.28. The summed E-state index contributed by atoms with van der Waals surface area (Å²) in [7, 11) is 0. The molecule has 0 radical (unpaired) electrons. The second-order valence-corrected chi connectivity index (χ2v) is 6.01. The van der Waals surface area contributed by atoms with Gasteiger partial charge in [-0.05, 0) is 53.5 Å². The van der Waals surface area contributed by atoms with Crippen LogP contribution >= 0.6 is 15.9 Å². The van der Waals surface area contributed by atoms with Crippen LogP contribution < -0.4 is 5.32 Å². The maximum atomic E-state index is 13.7. The van der Waals surface area contributed by atoms with E-state index in [0.29, 0.717) is 11.3 Å². The summed E-state index contributed by atoms with van der Waals surface area (Å²) >= 11 is 3.40. The number of aryl methyl sites for hydroxylation is 2. The van der Waals surface area contributed by atoms with Crippen LogP contribution in [0.25, 0.3) is 5.65 Å². The molecule has 4 nitrogen and oxygen atoms in total. The Morgan fingerprint density at radius 2 is 1.91 bits per heavy atom. The number of imidazole rings is 1. The number of hydrogen-bond donors (Lipinski definition) is 1. The third kappa shape index (κ3) is 2.72. The summed E-state index contributed by atoms with van der Waals surface area (Å²) in [6.07, 6.45) is 1.74. The molecule has 0 spiro atoms. The number of hydrogen-bond acceptors (Lipinski definition) is 2. The number of carbonyl (C=O) groups is 1. The minimum absolute atomic E-state index is 0.229. The maximum absolute atomic E-state index is 13.7. The molecule has 0 saturated heterocycles. The van der Waals surface area contributed by atoms with Crippen molar-refractivity contribution in [3.63, 3.8) is 0 Å². The van der Waals surface area contributed by atoms with Crippen LogP contribution in [0.3, 0.4) is 0 Å². The van der Waals surface area contributed by atoms with E-state index in [1.165, 1.54) is 6.07 Å². The van der Waals surface area contributed by atoms with Gasteiger partial charge in [0.1, 0.15) is 23.0 Å². The van der Waals surface area contributed by atoms with Crippen molar-refractivity contribution in [2.24, 2.45) is 0 Å². The average molecular weight is 380 g/mol. The molecule has 3 aromatic rings. The largest absolute Gasteiger partial charge is 0.316 e. The number of anilines is 1. The highest BCUT2D eigenvalue weighted by Gasteiger charge is 2.20. The van der Waals surface area contributed by atoms with Crippen molar-refractivity contribution >= 4 is 33.2 Å². The van der Waals surface area contributed by atoms with Gasteiger partial charge in [-0.3, -0.25) is 9.20 Å². The van der Waals surface area contributed by atoms with Crippen LogP contribution in [0.5, 0.6) is 0 Å². The molecular formula is C16H12BrF2N3O. The number of aromatic nitrogens is 2. The Morgan fingerprint density at radius 3 is 2.57 bits per heavy atom. The average Bonchev–Trinajstić information content (AvgIpc) is 2.79. The van der Waals surface area contributed by atoms with E-state index in [4.69, 9.17) is 0 Å². The molecule has 3 rings (SSSR count). The molecule has 0 aliphatic heterocycles. The summed E-state index contributed by atoms with van der Waals surface area (Å²) in [5, 5.41) is 2.29. The van der Waals surface area contributed by atoms with E-state index >= 15 is 0 Å². The van der Waals surface area contributed by atoms with Crippen molar-refractivity contribution < 1.29 is 13.6 Å². The number of fused-ring (bicyclic) bond motifs is 1. The highest BCUT2D eigenvalue weighted by atomic mass is 79.9. The second kappa shape index (κ2) is 5.73. The molecule has 1 amide bonds. The molecule has 2 heterocycles. The van der Waals surface area contributed by atoms with Crippen molar-refractivity contribution in [1.82, 2.24) is 9.38 Å². The van der Waals surface area contributed by atoms with Gasteiger partial charge in [-0.2, -0.15) is 0 Å². The number of rotatable bonds is 2. The van der Waals surface area contributed by atoms with Gasteiger partial charge in [-0.15, -0.1) is 0 Å². The predicted molar refractivity (Wildman–Crippen MR) is 86.7 cm³/mol. The first-order valence-electron chi connectivity index (χ1n) is 6.78. The molecule has 1 N–H and O–H groups in total. The maximum Gasteiger partial charge on any atom is 0.274 e. The van der Waals surface area contributed by atoms with Gasteiger partial charge in [0, 0.05) is 6.20 Å². The van der Waals surface area contributed by atoms with E-state index < -0.39 is 23.2 Å². The molecule has 1 aromatic carbocycles. The topological polar surface area (TPSA) is 46.4 Å². The molecule has 118 valence electrons. The summed E-state index contributed by atoms with van der Waals surface area (Å²) in [5.41, 5.74) is 1.69. The quantitative estimate of drug-likeness (QED) is 0.723. The van der Waals surface area contributed by atoms with Gasteiger partial charge < -0.3 is 5.32 Å². The monoisotopic (exact) mass is 379 g/mol. The first-order valence-corrected chi connectivity index (χ1v) is 7.58. The molecule has 0 bridgehead atoms. The Labute approximate surface area is 139 Å². The van der Waals surface area contributed by atoms with E-state index in [-0.39, 0.29) is 5.69 Å². The van der Waals surface area contributed by atoms with Gasteiger partial charge in [0.25, 0.3) is 5.91 Å². The molecule has 7 heteroatoms. The second-order valence-electron chi connectivity index (χ2n) is 5.16. The number of halogens is 3. The van der Waals surface area contributed by atoms with Gasteiger partial charge >= 0.3 is 0 Å². The van der Waals surface area contributed by atoms with Crippen LogP contribution in [-0.2, 0) is 0 Å². The summed E-state index contributed by atoms with van der Waals surface area (Å²) < 4.78 is 29.8. The van der Waals surface area contributed by atoms with Crippen LogP contribution in [0.4, 0.5) is 14.5 Å². The van der Waals surface area contributed by atoms with Gasteiger partial charge in [0.05, 0.1) is 10.2 Å². The lowest BCUT2D eigenvalue weighted by molar-refractivity contribution is 0.101. The molecular weight excluding hydrogens is 368 g/mol. The van der Waals surface area contributed by atoms with Gasteiger partial charge in [-0.1, -0.05) is 6.07 Å². The summed E-state index contributed by atoms with van der Waals surface area (Å²) in [4.78, 5) is 16.8. The van der Waals surface area contributed by atoms with Gasteiger partial charge in [0.2, 0.25) is 0 Å². The number of carbonyl (C=O) groups excluding carboxylic acids is 1. The van der Waals surface area contributed by atoms with Crippen molar-refractivity contribution in [3.05, 3.63) is 63.5 Å². The fraction of sp³-hybridized carbons (Fsp3) is 0.125. The standard InChI is InChI=1S/C16H12BrF2N3O/c1-8-6-10(17)15-20-9(2)14(22(15)7-8)16(23)21-13-11(18)4-3-5-12(13)19/h3-7H,1-2H3,(H,21,23). The van der Waals surface area contributed by atoms with Crippen molar-refractivity contribution in [1.29, 1.82) is 0 Å². The highest BCUT2D eigenvalue weighted by molar-refractivity contribution is 9.10. The van der Waals surface area contributed by atoms with E-state index in [0.717, 1.165) is 22.2 Å². The number of pyridine rings is 1. The zero-order chi connectivity index (χ0) is 16.7. The lowest BCUT2D eigenvalue weighted by Crippen LogP contribution is -2.17. The van der Waals surface area contributed by atoms with Crippen molar-refractivity contribution in [2.45, 2.75) is 13.8 Å². The molecule has 0 aliphatic rings. The summed E-state index contributed by atoms with van der Waals surface area (Å²) in [5.74, 6) is -2.29. The zero-order valence-corrected chi connectivity index (χ0v) is 13.9. The zero-order valence-electron chi connectivity index (χ0n) is 12.3. The third-order valence-corrected chi connectivity index (χ3v) is 3.99. The van der Waals surface area contributed by atoms with Crippen LogP contribution in [0.2, 0.25) is 0 Å². The lowest BCUT2D eigenvalue weighted by atomic mass is 10.2. The predicted octanol–water partition coefficient (Wildman–Crippen LogP) is 4.24. The Hall–Kier alpha value is -2.28. The van der Waals surface area contributed by atoms with Crippen molar-refractivity contribution in [3.8, 4) is 0 Å². The van der Waals surface area contributed by atoms with Crippen LogP contribution in [0.15, 0.2) is 34.9 Å². The van der Waals surface area contributed by atoms with Crippen LogP contribution in [0, 0.1) is 25.5 Å². The number of benzene rings is 1. The fourth-order valence-electron chi connectivity index (χ4n) is 2.41. The van der Waals surface area contributed by atoms with Crippen LogP contribution in [-0.4, -0.2) is 15.3 Å². The van der Waals surface area contributed by atoms with E-state index in [1.54, 1.807) is 17.5 Å². The molecule has 0 fully saturated rings. The smallest absolute Gasteiger partial charge is 0.274 e. The number of nitrogens with one attached hydrogen (secondary N) is 1. The Morgan fingerprint density at radius 1 is 1.26 bits per heavy atom. The normalized spacial score (nSPS) is 11.0. The first kappa shape index (κ1) is 15.6. The Balaban J connectivity index is 2.10. The summed E-state index contributed by atoms with van der Waals surface area (Å²) in [6.45, 7) is 3.54. The minimum Gasteiger partial charge on any atom is -0.316 e. The lowest BCUT2D eigenvalue weighted by Gasteiger charge is -2.08. The molecule has 2 aromatic heterocycles. The van der Waals surface area contributed by atoms with Crippen LogP contribution in [0.1, 0.15) is 21.7 Å². The molecule has 0 saturated carbocycles. The SMILES string of the molecule is Cc1cc(Br)c2nc(C)c(C(=O)Nc3c(F)cccc3F)n2c1. The molecule has 0 unspecified atom stereocenters. The number of amides is 1. The van der Waals surface area contributed by atoms with Gasteiger partial charge in [0.15, 0.2) is 5.65 Å². The van der Waals surface area contributed by atoms with Gasteiger partial charge in [-0.25, -0.2) is 13.8 Å². The third-order valence-electron chi connectivity index (χ3n) is 3.40. The number of nitrogens with zero attached hydrogens (tertiary/aromatic N) is 2. The number of para-hydroxylation sites is 1. The highest BCUT2D eigenvalue weighted by Crippen LogP contribution is 2.24. The fourth-order valence-corrected chi connectivity index (χ4v) is 3.05. The minimum atomic E-state index is -0.831. The first-order chi connectivity index (χ1) is 10.9. The molecule has 0 atom stereocenters. The molecule has 0 aliphatic carbocycles. The Bertz CT molecular complexity index is 916.